The molecule has 0 saturated carbocycles. The number of carboxylic acid groups (broad SMARTS) is 1. The van der Waals surface area contributed by atoms with Crippen LogP contribution in [0.5, 0.6) is 11.5 Å². The molecule has 0 bridgehead atoms. The van der Waals surface area contributed by atoms with Gasteiger partial charge in [-0.05, 0) is 49.3 Å². The van der Waals surface area contributed by atoms with Gasteiger partial charge < -0.3 is 24.1 Å². The van der Waals surface area contributed by atoms with E-state index in [2.05, 4.69) is 5.32 Å². The first-order valence-electron chi connectivity index (χ1n) is 13.2. The summed E-state index contributed by atoms with van der Waals surface area (Å²) < 4.78 is 21.4. The molecule has 38 heavy (non-hydrogen) atoms. The number of hydrogen-bond acceptors (Lipinski definition) is 9. The van der Waals surface area contributed by atoms with Crippen LogP contribution in [0.25, 0.3) is 0 Å². The Balaban J connectivity index is 3.40. The molecule has 0 aliphatic carbocycles. The molecule has 0 aromatic heterocycles. The smallest absolute Gasteiger partial charge is 0.477 e. The standard InChI is InChI=1S/C28H43NO9/c1-8-10-13-35-27(34)38-28(26(32)33,29-20(7)9-2)17-21-11-12-22(36-24(30)14-18(3)4)23(16-21)37-25(31)15-19(5)6/h11-12,16,18-20,29H,8-10,13-15,17H2,1-7H3,(H,32,33)/t20?,28-/m0/s1. The largest absolute Gasteiger partial charge is 0.510 e. The zero-order valence-corrected chi connectivity index (χ0v) is 23.6. The van der Waals surface area contributed by atoms with Gasteiger partial charge in [-0.1, -0.05) is 54.0 Å². The molecular formula is C28H43NO9. The first-order chi connectivity index (χ1) is 17.8. The number of nitrogens with one attached hydrogen (secondary N) is 1. The van der Waals surface area contributed by atoms with Crippen LogP contribution in [0, 0.1) is 11.8 Å². The zero-order chi connectivity index (χ0) is 28.9. The number of esters is 2. The predicted molar refractivity (Wildman–Crippen MR) is 141 cm³/mol. The van der Waals surface area contributed by atoms with E-state index >= 15 is 0 Å². The van der Waals surface area contributed by atoms with Crippen molar-refractivity contribution in [1.29, 1.82) is 0 Å². The molecule has 1 aromatic carbocycles. The Morgan fingerprint density at radius 2 is 1.50 bits per heavy atom. The Morgan fingerprint density at radius 1 is 0.921 bits per heavy atom. The zero-order valence-electron chi connectivity index (χ0n) is 23.6. The van der Waals surface area contributed by atoms with Crippen molar-refractivity contribution in [2.45, 2.75) is 98.8 Å². The van der Waals surface area contributed by atoms with E-state index in [1.165, 1.54) is 18.2 Å². The van der Waals surface area contributed by atoms with E-state index in [-0.39, 0.29) is 55.2 Å². The molecule has 10 heteroatoms. The fourth-order valence-corrected chi connectivity index (χ4v) is 3.38. The van der Waals surface area contributed by atoms with Crippen molar-refractivity contribution in [1.82, 2.24) is 5.32 Å². The number of ether oxygens (including phenoxy) is 4. The molecule has 0 radical (unpaired) electrons. The lowest BCUT2D eigenvalue weighted by Gasteiger charge is -2.32. The van der Waals surface area contributed by atoms with Gasteiger partial charge in [0.25, 0.3) is 5.72 Å². The molecule has 1 unspecified atom stereocenters. The molecule has 10 nitrogen and oxygen atoms in total. The predicted octanol–water partition coefficient (Wildman–Crippen LogP) is 5.25. The Bertz CT molecular complexity index is 944. The van der Waals surface area contributed by atoms with Crippen LogP contribution in [0.4, 0.5) is 4.79 Å². The summed E-state index contributed by atoms with van der Waals surface area (Å²) in [5.41, 5.74) is -1.80. The molecule has 214 valence electrons. The van der Waals surface area contributed by atoms with Crippen molar-refractivity contribution in [3.8, 4) is 11.5 Å². The van der Waals surface area contributed by atoms with Gasteiger partial charge in [-0.3, -0.25) is 14.9 Å². The monoisotopic (exact) mass is 537 g/mol. The minimum absolute atomic E-state index is 0.0291. The fraction of sp³-hybridized carbons (Fsp3) is 0.643. The summed E-state index contributed by atoms with van der Waals surface area (Å²) in [5.74, 6) is -2.35. The highest BCUT2D eigenvalue weighted by atomic mass is 16.7. The Labute approximate surface area is 225 Å². The van der Waals surface area contributed by atoms with Crippen LogP contribution in [-0.4, -0.2) is 47.5 Å². The number of hydrogen-bond donors (Lipinski definition) is 2. The number of carbonyl (C=O) groups excluding carboxylic acids is 3. The molecule has 2 N–H and O–H groups in total. The van der Waals surface area contributed by atoms with Gasteiger partial charge in [0, 0.05) is 25.3 Å². The highest BCUT2D eigenvalue weighted by Crippen LogP contribution is 2.32. The summed E-state index contributed by atoms with van der Waals surface area (Å²) in [6, 6.07) is 4.05. The van der Waals surface area contributed by atoms with E-state index in [1.807, 2.05) is 41.5 Å². The first kappa shape index (κ1) is 32.9. The average Bonchev–Trinajstić information content (AvgIpc) is 2.79. The summed E-state index contributed by atoms with van der Waals surface area (Å²) in [7, 11) is 0. The van der Waals surface area contributed by atoms with E-state index in [0.717, 1.165) is 6.42 Å². The number of carbonyl (C=O) groups is 4. The van der Waals surface area contributed by atoms with Crippen LogP contribution in [-0.2, 0) is 30.3 Å². The number of benzene rings is 1. The summed E-state index contributed by atoms with van der Waals surface area (Å²) in [6.07, 6.45) is 0.821. The molecule has 0 amide bonds. The molecule has 1 rings (SSSR count). The molecule has 0 aliphatic rings. The molecular weight excluding hydrogens is 494 g/mol. The normalized spacial score (nSPS) is 13.5. The van der Waals surface area contributed by atoms with Crippen LogP contribution in [0.15, 0.2) is 18.2 Å². The number of unbranched alkanes of at least 4 members (excludes halogenated alkanes) is 1. The van der Waals surface area contributed by atoms with Gasteiger partial charge in [-0.2, -0.15) is 0 Å². The summed E-state index contributed by atoms with van der Waals surface area (Å²) >= 11 is 0. The maximum atomic E-state index is 12.5. The number of carboxylic acids is 1. The highest BCUT2D eigenvalue weighted by Gasteiger charge is 2.44. The first-order valence-corrected chi connectivity index (χ1v) is 13.2. The fourth-order valence-electron chi connectivity index (χ4n) is 3.38. The van der Waals surface area contributed by atoms with Crippen molar-refractivity contribution < 1.29 is 43.2 Å². The molecule has 0 spiro atoms. The Morgan fingerprint density at radius 3 is 2.00 bits per heavy atom. The van der Waals surface area contributed by atoms with Crippen LogP contribution in [0.3, 0.4) is 0 Å². The second-order valence-corrected chi connectivity index (χ2v) is 10.2. The maximum Gasteiger partial charge on any atom is 0.510 e. The van der Waals surface area contributed by atoms with E-state index in [0.29, 0.717) is 18.4 Å². The lowest BCUT2D eigenvalue weighted by Crippen LogP contribution is -2.59. The van der Waals surface area contributed by atoms with Crippen LogP contribution in [0.1, 0.15) is 86.1 Å². The quantitative estimate of drug-likeness (QED) is 0.124. The second-order valence-electron chi connectivity index (χ2n) is 10.2. The maximum absolute atomic E-state index is 12.5. The Kier molecular flexibility index (Phi) is 13.8. The summed E-state index contributed by atoms with van der Waals surface area (Å²) in [6.45, 7) is 13.1. The van der Waals surface area contributed by atoms with Gasteiger partial charge in [0.1, 0.15) is 0 Å². The van der Waals surface area contributed by atoms with Crippen molar-refractivity contribution >= 4 is 24.1 Å². The van der Waals surface area contributed by atoms with Crippen LogP contribution >= 0.6 is 0 Å². The van der Waals surface area contributed by atoms with Crippen molar-refractivity contribution in [3.05, 3.63) is 23.8 Å². The SMILES string of the molecule is CCCCOC(=O)O[C@](Cc1ccc(OC(=O)CC(C)C)c(OC(=O)CC(C)C)c1)(NC(C)CC)C(=O)O. The molecule has 0 fully saturated rings. The van der Waals surface area contributed by atoms with Crippen LogP contribution in [0.2, 0.25) is 0 Å². The third-order valence-electron chi connectivity index (χ3n) is 5.47. The van der Waals surface area contributed by atoms with Gasteiger partial charge in [-0.15, -0.1) is 0 Å². The van der Waals surface area contributed by atoms with E-state index in [1.54, 1.807) is 6.92 Å². The van der Waals surface area contributed by atoms with Crippen molar-refractivity contribution in [2.24, 2.45) is 11.8 Å². The van der Waals surface area contributed by atoms with E-state index < -0.39 is 29.8 Å². The molecule has 1 aromatic rings. The van der Waals surface area contributed by atoms with Gasteiger partial charge in [0.15, 0.2) is 11.5 Å². The average molecular weight is 538 g/mol. The highest BCUT2D eigenvalue weighted by molar-refractivity contribution is 5.81. The molecule has 2 atom stereocenters. The molecule has 0 saturated heterocycles. The van der Waals surface area contributed by atoms with Gasteiger partial charge in [0.05, 0.1) is 6.61 Å². The number of aliphatic carboxylic acids is 1. The lowest BCUT2D eigenvalue weighted by atomic mass is 10.00. The van der Waals surface area contributed by atoms with E-state index in [4.69, 9.17) is 18.9 Å². The third kappa shape index (κ3) is 11.5. The lowest BCUT2D eigenvalue weighted by molar-refractivity contribution is -0.167. The molecule has 0 aliphatic heterocycles. The summed E-state index contributed by atoms with van der Waals surface area (Å²) in [4.78, 5) is 49.6. The van der Waals surface area contributed by atoms with Gasteiger partial charge in [-0.25, -0.2) is 9.59 Å². The summed E-state index contributed by atoms with van der Waals surface area (Å²) in [5, 5.41) is 13.1. The minimum Gasteiger partial charge on any atom is -0.477 e. The second kappa shape index (κ2) is 16.0. The minimum atomic E-state index is -2.16. The van der Waals surface area contributed by atoms with Crippen molar-refractivity contribution in [2.75, 3.05) is 6.61 Å². The Hall–Kier alpha value is -3.14. The van der Waals surface area contributed by atoms with E-state index in [9.17, 15) is 24.3 Å². The van der Waals surface area contributed by atoms with Gasteiger partial charge >= 0.3 is 24.1 Å². The number of rotatable bonds is 16. The van der Waals surface area contributed by atoms with Gasteiger partial charge in [0.2, 0.25) is 0 Å². The van der Waals surface area contributed by atoms with Crippen LogP contribution < -0.4 is 14.8 Å². The topological polar surface area (TPSA) is 137 Å². The third-order valence-corrected chi connectivity index (χ3v) is 5.47. The molecule has 0 heterocycles. The van der Waals surface area contributed by atoms with Crippen molar-refractivity contribution in [3.63, 3.8) is 0 Å².